The highest BCUT2D eigenvalue weighted by Gasteiger charge is 2.13. The molecule has 0 atom stereocenters. The molecule has 0 aliphatic heterocycles. The Labute approximate surface area is 175 Å². The molecular formula is C22H26N2O6. The first-order valence-corrected chi connectivity index (χ1v) is 9.54. The van der Waals surface area contributed by atoms with Crippen LogP contribution in [0.4, 0.5) is 11.4 Å². The molecule has 0 radical (unpaired) electrons. The van der Waals surface area contributed by atoms with Crippen molar-refractivity contribution in [3.05, 3.63) is 48.0 Å². The van der Waals surface area contributed by atoms with E-state index >= 15 is 0 Å². The maximum absolute atomic E-state index is 12.2. The lowest BCUT2D eigenvalue weighted by Crippen LogP contribution is -2.21. The molecule has 2 amide bonds. The standard InChI is InChI=1S/C22H26N2O6/c1-4-29-19-8-6-5-7-16(19)9-12-22(27)30-14-21(26)24-18-13-17(23-15(2)25)10-11-20(18)28-3/h5-8,10-11,13H,4,9,12,14H2,1-3H3,(H,23,25)(H,24,26). The number of esters is 1. The normalized spacial score (nSPS) is 10.1. The van der Waals surface area contributed by atoms with Gasteiger partial charge in [0.1, 0.15) is 11.5 Å². The lowest BCUT2D eigenvalue weighted by Gasteiger charge is -2.13. The van der Waals surface area contributed by atoms with Crippen molar-refractivity contribution in [2.75, 3.05) is 31.0 Å². The summed E-state index contributed by atoms with van der Waals surface area (Å²) in [5.74, 6) is -0.1000. The van der Waals surface area contributed by atoms with Crippen molar-refractivity contribution >= 4 is 29.2 Å². The molecule has 8 nitrogen and oxygen atoms in total. The molecule has 0 bridgehead atoms. The van der Waals surface area contributed by atoms with Crippen LogP contribution in [0.1, 0.15) is 25.8 Å². The third-order valence-electron chi connectivity index (χ3n) is 4.03. The van der Waals surface area contributed by atoms with Crippen LogP contribution in [0.3, 0.4) is 0 Å². The van der Waals surface area contributed by atoms with E-state index in [4.69, 9.17) is 14.2 Å². The molecule has 0 fully saturated rings. The van der Waals surface area contributed by atoms with Gasteiger partial charge >= 0.3 is 5.97 Å². The van der Waals surface area contributed by atoms with Crippen molar-refractivity contribution in [2.45, 2.75) is 26.7 Å². The van der Waals surface area contributed by atoms with Gasteiger partial charge in [-0.2, -0.15) is 0 Å². The molecule has 0 aliphatic rings. The molecule has 0 saturated carbocycles. The van der Waals surface area contributed by atoms with Crippen LogP contribution in [-0.2, 0) is 25.5 Å². The summed E-state index contributed by atoms with van der Waals surface area (Å²) in [6.07, 6.45) is 0.571. The molecule has 2 N–H and O–H groups in total. The number of nitrogens with one attached hydrogen (secondary N) is 2. The van der Waals surface area contributed by atoms with Crippen molar-refractivity contribution in [1.29, 1.82) is 0 Å². The van der Waals surface area contributed by atoms with Gasteiger partial charge in [-0.05, 0) is 43.2 Å². The highest BCUT2D eigenvalue weighted by molar-refractivity contribution is 5.96. The second-order valence-corrected chi connectivity index (χ2v) is 6.35. The lowest BCUT2D eigenvalue weighted by molar-refractivity contribution is -0.147. The lowest BCUT2D eigenvalue weighted by atomic mass is 10.1. The number of hydrogen-bond donors (Lipinski definition) is 2. The topological polar surface area (TPSA) is 103 Å². The van der Waals surface area contributed by atoms with Gasteiger partial charge in [0.25, 0.3) is 5.91 Å². The zero-order chi connectivity index (χ0) is 21.9. The molecule has 2 aromatic carbocycles. The Morgan fingerprint density at radius 2 is 1.77 bits per heavy atom. The summed E-state index contributed by atoms with van der Waals surface area (Å²) in [4.78, 5) is 35.4. The zero-order valence-electron chi connectivity index (χ0n) is 17.3. The van der Waals surface area contributed by atoms with E-state index in [0.717, 1.165) is 11.3 Å². The van der Waals surface area contributed by atoms with E-state index in [2.05, 4.69) is 10.6 Å². The largest absolute Gasteiger partial charge is 0.495 e. The van der Waals surface area contributed by atoms with Crippen molar-refractivity contribution in [3.8, 4) is 11.5 Å². The minimum absolute atomic E-state index is 0.124. The Hall–Kier alpha value is -3.55. The van der Waals surface area contributed by atoms with Crippen LogP contribution in [-0.4, -0.2) is 38.1 Å². The second-order valence-electron chi connectivity index (χ2n) is 6.35. The molecule has 160 valence electrons. The first-order chi connectivity index (χ1) is 14.4. The number of methoxy groups -OCH3 is 1. The number of para-hydroxylation sites is 1. The molecule has 0 spiro atoms. The van der Waals surface area contributed by atoms with Crippen LogP contribution >= 0.6 is 0 Å². The molecule has 0 unspecified atom stereocenters. The summed E-state index contributed by atoms with van der Waals surface area (Å²) in [5.41, 5.74) is 1.76. The van der Waals surface area contributed by atoms with E-state index in [9.17, 15) is 14.4 Å². The monoisotopic (exact) mass is 414 g/mol. The fraction of sp³-hybridized carbons (Fsp3) is 0.318. The third kappa shape index (κ3) is 7.12. The summed E-state index contributed by atoms with van der Waals surface area (Å²) in [7, 11) is 1.46. The Morgan fingerprint density at radius 3 is 2.47 bits per heavy atom. The predicted octanol–water partition coefficient (Wildman–Crippen LogP) is 3.17. The van der Waals surface area contributed by atoms with E-state index in [-0.39, 0.29) is 12.3 Å². The maximum Gasteiger partial charge on any atom is 0.306 e. The van der Waals surface area contributed by atoms with Crippen LogP contribution in [0, 0.1) is 0 Å². The smallest absolute Gasteiger partial charge is 0.306 e. The molecule has 2 rings (SSSR count). The minimum atomic E-state index is -0.517. The number of ether oxygens (including phenoxy) is 3. The van der Waals surface area contributed by atoms with Crippen molar-refractivity contribution in [3.63, 3.8) is 0 Å². The molecule has 0 aliphatic carbocycles. The number of carbonyl (C=O) groups is 3. The van der Waals surface area contributed by atoms with Gasteiger partial charge in [-0.3, -0.25) is 14.4 Å². The number of aryl methyl sites for hydroxylation is 1. The number of amides is 2. The van der Waals surface area contributed by atoms with E-state index in [0.29, 0.717) is 30.2 Å². The van der Waals surface area contributed by atoms with E-state index < -0.39 is 18.5 Å². The summed E-state index contributed by atoms with van der Waals surface area (Å²) in [6, 6.07) is 12.3. The highest BCUT2D eigenvalue weighted by atomic mass is 16.5. The molecule has 30 heavy (non-hydrogen) atoms. The van der Waals surface area contributed by atoms with Gasteiger partial charge in [0.05, 0.1) is 19.4 Å². The molecular weight excluding hydrogens is 388 g/mol. The molecule has 2 aromatic rings. The quantitative estimate of drug-likeness (QED) is 0.579. The predicted molar refractivity (Wildman–Crippen MR) is 113 cm³/mol. The fourth-order valence-electron chi connectivity index (χ4n) is 2.73. The third-order valence-corrected chi connectivity index (χ3v) is 4.03. The van der Waals surface area contributed by atoms with Crippen molar-refractivity contribution in [2.24, 2.45) is 0 Å². The average Bonchev–Trinajstić information content (AvgIpc) is 2.71. The van der Waals surface area contributed by atoms with E-state index in [1.54, 1.807) is 18.2 Å². The van der Waals surface area contributed by atoms with Gasteiger partial charge in [-0.15, -0.1) is 0 Å². The SMILES string of the molecule is CCOc1ccccc1CCC(=O)OCC(=O)Nc1cc(NC(C)=O)ccc1OC. The first kappa shape index (κ1) is 22.7. The van der Waals surface area contributed by atoms with Crippen molar-refractivity contribution in [1.82, 2.24) is 0 Å². The summed E-state index contributed by atoms with van der Waals surface area (Å²) < 4.78 is 15.8. The Balaban J connectivity index is 1.87. The van der Waals surface area contributed by atoms with E-state index in [1.807, 2.05) is 31.2 Å². The Morgan fingerprint density at radius 1 is 1.00 bits per heavy atom. The minimum Gasteiger partial charge on any atom is -0.495 e. The number of carbonyl (C=O) groups excluding carboxylic acids is 3. The maximum atomic E-state index is 12.2. The Kier molecular flexibility index (Phi) is 8.68. The molecule has 8 heteroatoms. The summed E-state index contributed by atoms with van der Waals surface area (Å²) in [6.45, 7) is 3.38. The van der Waals surface area contributed by atoms with Gasteiger partial charge < -0.3 is 24.8 Å². The van der Waals surface area contributed by atoms with Crippen LogP contribution in [0.15, 0.2) is 42.5 Å². The number of rotatable bonds is 10. The van der Waals surface area contributed by atoms with Gasteiger partial charge in [0.15, 0.2) is 6.61 Å². The van der Waals surface area contributed by atoms with Crippen LogP contribution in [0.25, 0.3) is 0 Å². The average molecular weight is 414 g/mol. The molecule has 0 saturated heterocycles. The number of benzene rings is 2. The first-order valence-electron chi connectivity index (χ1n) is 9.54. The highest BCUT2D eigenvalue weighted by Crippen LogP contribution is 2.27. The van der Waals surface area contributed by atoms with Gasteiger partial charge in [0.2, 0.25) is 5.91 Å². The molecule has 0 aromatic heterocycles. The van der Waals surface area contributed by atoms with Crippen LogP contribution in [0.2, 0.25) is 0 Å². The second kappa shape index (κ2) is 11.5. The van der Waals surface area contributed by atoms with Gasteiger partial charge in [0, 0.05) is 19.0 Å². The zero-order valence-corrected chi connectivity index (χ0v) is 17.3. The van der Waals surface area contributed by atoms with Gasteiger partial charge in [-0.1, -0.05) is 18.2 Å². The van der Waals surface area contributed by atoms with Crippen LogP contribution in [0.5, 0.6) is 11.5 Å². The fourth-order valence-corrected chi connectivity index (χ4v) is 2.73. The van der Waals surface area contributed by atoms with E-state index in [1.165, 1.54) is 14.0 Å². The van der Waals surface area contributed by atoms with Gasteiger partial charge in [-0.25, -0.2) is 0 Å². The summed E-state index contributed by atoms with van der Waals surface area (Å²) in [5, 5.41) is 5.24. The van der Waals surface area contributed by atoms with Crippen LogP contribution < -0.4 is 20.1 Å². The number of anilines is 2. The number of hydrogen-bond acceptors (Lipinski definition) is 6. The van der Waals surface area contributed by atoms with Crippen molar-refractivity contribution < 1.29 is 28.6 Å². The summed E-state index contributed by atoms with van der Waals surface area (Å²) >= 11 is 0. The Bertz CT molecular complexity index is 897. The molecule has 0 heterocycles.